The van der Waals surface area contributed by atoms with Crippen LogP contribution in [-0.4, -0.2) is 38.2 Å². The molecule has 0 aromatic carbocycles. The number of hydrogen-bond acceptors (Lipinski definition) is 6. The van der Waals surface area contributed by atoms with Gasteiger partial charge in [0.2, 0.25) is 0 Å². The first-order valence-corrected chi connectivity index (χ1v) is 5.03. The van der Waals surface area contributed by atoms with Crippen LogP contribution in [0.15, 0.2) is 12.3 Å². The van der Waals surface area contributed by atoms with Crippen LogP contribution in [0.3, 0.4) is 0 Å². The van der Waals surface area contributed by atoms with Crippen LogP contribution in [0.1, 0.15) is 24.2 Å². The minimum atomic E-state index is -1.31. The normalized spacial score (nSPS) is 11.1. The van der Waals surface area contributed by atoms with Crippen LogP contribution >= 0.6 is 0 Å². The Morgan fingerprint density at radius 1 is 1.61 bits per heavy atom. The van der Waals surface area contributed by atoms with Crippen molar-refractivity contribution in [2.24, 2.45) is 0 Å². The van der Waals surface area contributed by atoms with Crippen molar-refractivity contribution in [1.82, 2.24) is 4.98 Å². The Morgan fingerprint density at radius 2 is 2.22 bits per heavy atom. The Labute approximate surface area is 102 Å². The van der Waals surface area contributed by atoms with Gasteiger partial charge in [-0.05, 0) is 23.8 Å². The highest BCUT2D eigenvalue weighted by molar-refractivity contribution is 5.94. The second-order valence-electron chi connectivity index (χ2n) is 4.32. The van der Waals surface area contributed by atoms with Crippen molar-refractivity contribution in [3.8, 4) is 0 Å². The van der Waals surface area contributed by atoms with E-state index in [0.29, 0.717) is 0 Å². The summed E-state index contributed by atoms with van der Waals surface area (Å²) in [5.41, 5.74) is -0.910. The molecule has 3 N–H and O–H groups in total. The van der Waals surface area contributed by atoms with E-state index in [1.54, 1.807) is 13.8 Å². The van der Waals surface area contributed by atoms with E-state index in [0.717, 1.165) is 12.3 Å². The number of aliphatic hydroxyl groups excluding tert-OH is 1. The van der Waals surface area contributed by atoms with Gasteiger partial charge in [-0.3, -0.25) is 0 Å². The third-order valence-corrected chi connectivity index (χ3v) is 2.18. The Hall–Kier alpha value is -2.22. The molecule has 8 heteroatoms. The zero-order valence-corrected chi connectivity index (χ0v) is 9.88. The number of nitrogens with zero attached hydrogens (tertiary/aromatic N) is 2. The second-order valence-corrected chi connectivity index (χ2v) is 4.32. The van der Waals surface area contributed by atoms with E-state index in [1.807, 2.05) is 0 Å². The monoisotopic (exact) mass is 255 g/mol. The zero-order chi connectivity index (χ0) is 13.9. The lowest BCUT2D eigenvalue weighted by Crippen LogP contribution is -2.35. The highest BCUT2D eigenvalue weighted by Gasteiger charge is 2.23. The highest BCUT2D eigenvalue weighted by atomic mass is 16.6. The summed E-state index contributed by atoms with van der Waals surface area (Å²) in [6, 6.07) is 0.873. The number of pyridine rings is 1. The van der Waals surface area contributed by atoms with Crippen LogP contribution in [0.5, 0.6) is 0 Å². The maximum absolute atomic E-state index is 11.0. The molecule has 0 amide bonds. The van der Waals surface area contributed by atoms with Crippen molar-refractivity contribution in [3.63, 3.8) is 0 Å². The maximum atomic E-state index is 11.0. The molecule has 8 nitrogen and oxygen atoms in total. The van der Waals surface area contributed by atoms with E-state index in [-0.39, 0.29) is 17.9 Å². The summed E-state index contributed by atoms with van der Waals surface area (Å²) in [5.74, 6) is -1.85. The average molecular weight is 255 g/mol. The molecule has 0 spiro atoms. The quantitative estimate of drug-likeness (QED) is 0.526. The number of anilines is 1. The van der Waals surface area contributed by atoms with Crippen LogP contribution in [0, 0.1) is 10.1 Å². The first kappa shape index (κ1) is 13.8. The molecule has 0 aliphatic carbocycles. The molecule has 0 aliphatic rings. The predicted octanol–water partition coefficient (Wildman–Crippen LogP) is 0.871. The van der Waals surface area contributed by atoms with Gasteiger partial charge in [0.1, 0.15) is 0 Å². The maximum Gasteiger partial charge on any atom is 0.364 e. The lowest BCUT2D eigenvalue weighted by Gasteiger charge is -2.24. The van der Waals surface area contributed by atoms with Gasteiger partial charge in [0, 0.05) is 0 Å². The van der Waals surface area contributed by atoms with Gasteiger partial charge in [-0.2, -0.15) is 0 Å². The minimum Gasteiger partial charge on any atom is -0.478 e. The third-order valence-electron chi connectivity index (χ3n) is 2.18. The minimum absolute atomic E-state index is 0.118. The van der Waals surface area contributed by atoms with Crippen LogP contribution in [0.4, 0.5) is 11.5 Å². The smallest absolute Gasteiger partial charge is 0.364 e. The molecule has 0 aliphatic heterocycles. The summed E-state index contributed by atoms with van der Waals surface area (Å²) in [6.45, 7) is 3.07. The van der Waals surface area contributed by atoms with Crippen LogP contribution in [0.25, 0.3) is 0 Å². The van der Waals surface area contributed by atoms with E-state index in [1.165, 1.54) is 0 Å². The molecule has 0 atom stereocenters. The average Bonchev–Trinajstić information content (AvgIpc) is 2.28. The molecule has 1 heterocycles. The number of carboxylic acid groups (broad SMARTS) is 1. The summed E-state index contributed by atoms with van der Waals surface area (Å²) >= 11 is 0. The Kier molecular flexibility index (Phi) is 3.82. The SMILES string of the molecule is CC(C)(CO)Nc1cnc([N+](=O)[O-])cc1C(=O)O. The molecule has 0 bridgehead atoms. The van der Waals surface area contributed by atoms with Crippen LogP contribution in [-0.2, 0) is 0 Å². The molecule has 1 aromatic heterocycles. The fraction of sp³-hybridized carbons (Fsp3) is 0.400. The van der Waals surface area contributed by atoms with Gasteiger partial charge in [0.25, 0.3) is 0 Å². The van der Waals surface area contributed by atoms with Gasteiger partial charge < -0.3 is 25.6 Å². The van der Waals surface area contributed by atoms with E-state index >= 15 is 0 Å². The second kappa shape index (κ2) is 4.96. The fourth-order valence-corrected chi connectivity index (χ4v) is 1.22. The van der Waals surface area contributed by atoms with Crippen molar-refractivity contribution < 1.29 is 19.9 Å². The number of hydrogen-bond donors (Lipinski definition) is 3. The van der Waals surface area contributed by atoms with Gasteiger partial charge in [-0.1, -0.05) is 0 Å². The van der Waals surface area contributed by atoms with Gasteiger partial charge in [0.05, 0.1) is 29.5 Å². The Morgan fingerprint density at radius 3 is 2.67 bits per heavy atom. The van der Waals surface area contributed by atoms with E-state index < -0.39 is 22.2 Å². The topological polar surface area (TPSA) is 126 Å². The van der Waals surface area contributed by atoms with Gasteiger partial charge in [0.15, 0.2) is 6.20 Å². The lowest BCUT2D eigenvalue weighted by atomic mass is 10.1. The Bertz CT molecular complexity index is 486. The number of carboxylic acids is 1. The number of rotatable bonds is 5. The molecule has 1 rings (SSSR count). The largest absolute Gasteiger partial charge is 0.478 e. The number of nitrogens with one attached hydrogen (secondary N) is 1. The van der Waals surface area contributed by atoms with Crippen molar-refractivity contribution in [2.75, 3.05) is 11.9 Å². The first-order chi connectivity index (χ1) is 8.26. The summed E-state index contributed by atoms with van der Waals surface area (Å²) < 4.78 is 0. The number of nitro groups is 1. The van der Waals surface area contributed by atoms with E-state index in [2.05, 4.69) is 10.3 Å². The summed E-state index contributed by atoms with van der Waals surface area (Å²) in [7, 11) is 0. The summed E-state index contributed by atoms with van der Waals surface area (Å²) in [5, 5.41) is 31.4. The van der Waals surface area contributed by atoms with Crippen molar-refractivity contribution in [2.45, 2.75) is 19.4 Å². The number of carbonyl (C=O) groups is 1. The molecule has 0 unspecified atom stereocenters. The van der Waals surface area contributed by atoms with Gasteiger partial charge in [-0.25, -0.2) is 4.79 Å². The van der Waals surface area contributed by atoms with E-state index in [9.17, 15) is 14.9 Å². The van der Waals surface area contributed by atoms with Crippen LogP contribution in [0.2, 0.25) is 0 Å². The number of aliphatic hydroxyl groups is 1. The standard InChI is InChI=1S/C10H13N3O5/c1-10(2,5-14)12-7-4-11-8(13(17)18)3-6(7)9(15)16/h3-4,12,14H,5H2,1-2H3,(H,15,16). The highest BCUT2D eigenvalue weighted by Crippen LogP contribution is 2.22. The van der Waals surface area contributed by atoms with Crippen LogP contribution < -0.4 is 5.32 Å². The number of aromatic nitrogens is 1. The first-order valence-electron chi connectivity index (χ1n) is 5.03. The summed E-state index contributed by atoms with van der Waals surface area (Å²) in [6.07, 6.45) is 1.07. The lowest BCUT2D eigenvalue weighted by molar-refractivity contribution is -0.389. The molecule has 0 fully saturated rings. The zero-order valence-electron chi connectivity index (χ0n) is 9.88. The molecule has 0 radical (unpaired) electrons. The van der Waals surface area contributed by atoms with Crippen molar-refractivity contribution >= 4 is 17.5 Å². The molecule has 1 aromatic rings. The molecule has 18 heavy (non-hydrogen) atoms. The fourth-order valence-electron chi connectivity index (χ4n) is 1.22. The Balaban J connectivity index is 3.20. The van der Waals surface area contributed by atoms with Crippen molar-refractivity contribution in [3.05, 3.63) is 27.9 Å². The summed E-state index contributed by atoms with van der Waals surface area (Å²) in [4.78, 5) is 24.3. The molecule has 0 saturated heterocycles. The van der Waals surface area contributed by atoms with Gasteiger partial charge >= 0.3 is 11.8 Å². The number of aromatic carboxylic acids is 1. The molecular weight excluding hydrogens is 242 g/mol. The molecule has 0 saturated carbocycles. The van der Waals surface area contributed by atoms with E-state index in [4.69, 9.17) is 10.2 Å². The molecule has 98 valence electrons. The van der Waals surface area contributed by atoms with Crippen molar-refractivity contribution in [1.29, 1.82) is 0 Å². The third kappa shape index (κ3) is 3.14. The predicted molar refractivity (Wildman–Crippen MR) is 62.6 cm³/mol. The molecular formula is C10H13N3O5. The van der Waals surface area contributed by atoms with Gasteiger partial charge in [-0.15, -0.1) is 0 Å².